The first kappa shape index (κ1) is 23.8. The summed E-state index contributed by atoms with van der Waals surface area (Å²) in [5, 5.41) is 10.9. The minimum atomic E-state index is -4.15. The third-order valence-corrected chi connectivity index (χ3v) is 7.39. The van der Waals surface area contributed by atoms with E-state index >= 15 is 0 Å². The number of non-ortho nitro benzene ring substituents is 1. The summed E-state index contributed by atoms with van der Waals surface area (Å²) in [4.78, 5) is 31.8. The molecule has 9 nitrogen and oxygen atoms in total. The number of esters is 1. The maximum absolute atomic E-state index is 13.2. The van der Waals surface area contributed by atoms with Crippen LogP contribution >= 0.6 is 0 Å². The molecule has 0 aliphatic carbocycles. The number of hydrogen-bond donors (Lipinski definition) is 0. The maximum Gasteiger partial charge on any atom is 0.344 e. The van der Waals surface area contributed by atoms with Crippen LogP contribution in [0.4, 0.5) is 5.69 Å². The highest BCUT2D eigenvalue weighted by atomic mass is 32.2. The molecule has 5 rings (SSSR count). The normalized spacial score (nSPS) is 11.2. The van der Waals surface area contributed by atoms with Gasteiger partial charge < -0.3 is 4.74 Å². The van der Waals surface area contributed by atoms with Crippen molar-refractivity contribution in [2.45, 2.75) is 9.79 Å². The molecule has 0 saturated carbocycles. The van der Waals surface area contributed by atoms with E-state index in [1.54, 1.807) is 30.5 Å². The number of nitro groups is 1. The van der Waals surface area contributed by atoms with Crippen LogP contribution < -0.4 is 4.74 Å². The Labute approximate surface area is 211 Å². The Hall–Kier alpha value is -4.96. The third kappa shape index (κ3) is 4.78. The van der Waals surface area contributed by atoms with Crippen molar-refractivity contribution in [1.82, 2.24) is 9.97 Å². The molecule has 0 saturated heterocycles. The molecular formula is C27H17N3O6S. The Bertz CT molecular complexity index is 1750. The molecule has 182 valence electrons. The number of carbonyl (C=O) groups is 1. The standard InChI is InChI=1S/C27H17N3O6S/c31-27(22-5-1-4-8-26(22)37(34,35)21-15-11-19(12-16-21)30(32)33)36-20-13-9-18(10-14-20)25-17-28-23-6-2-3-7-24(23)29-25/h1-17H. The number of sulfone groups is 1. The molecule has 5 aromatic rings. The lowest BCUT2D eigenvalue weighted by Gasteiger charge is -2.11. The van der Waals surface area contributed by atoms with Crippen LogP contribution in [0.25, 0.3) is 22.3 Å². The summed E-state index contributed by atoms with van der Waals surface area (Å²) in [7, 11) is -4.15. The van der Waals surface area contributed by atoms with Gasteiger partial charge in [0.2, 0.25) is 9.84 Å². The lowest BCUT2D eigenvalue weighted by atomic mass is 10.1. The van der Waals surface area contributed by atoms with E-state index in [2.05, 4.69) is 9.97 Å². The number of nitro benzene ring substituents is 1. The van der Waals surface area contributed by atoms with Crippen LogP contribution in [-0.4, -0.2) is 29.3 Å². The summed E-state index contributed by atoms with van der Waals surface area (Å²) in [6, 6.07) is 24.2. The number of rotatable bonds is 6. The Balaban J connectivity index is 1.39. The lowest BCUT2D eigenvalue weighted by molar-refractivity contribution is -0.384. The Morgan fingerprint density at radius 2 is 1.46 bits per heavy atom. The van der Waals surface area contributed by atoms with Gasteiger partial charge in [-0.3, -0.25) is 15.1 Å². The number of para-hydroxylation sites is 2. The predicted octanol–water partition coefficient (Wildman–Crippen LogP) is 5.26. The average Bonchev–Trinajstić information content (AvgIpc) is 2.93. The van der Waals surface area contributed by atoms with E-state index in [1.807, 2.05) is 24.3 Å². The van der Waals surface area contributed by atoms with Gasteiger partial charge in [0.15, 0.2) is 0 Å². The van der Waals surface area contributed by atoms with Crippen LogP contribution in [-0.2, 0) is 9.84 Å². The van der Waals surface area contributed by atoms with Crippen molar-refractivity contribution in [3.63, 3.8) is 0 Å². The van der Waals surface area contributed by atoms with E-state index in [4.69, 9.17) is 4.74 Å². The monoisotopic (exact) mass is 511 g/mol. The fourth-order valence-electron chi connectivity index (χ4n) is 3.70. The quantitative estimate of drug-likeness (QED) is 0.131. The van der Waals surface area contributed by atoms with Crippen LogP contribution in [0.5, 0.6) is 5.75 Å². The molecule has 0 unspecified atom stereocenters. The van der Waals surface area contributed by atoms with Crippen LogP contribution in [0, 0.1) is 10.1 Å². The summed E-state index contributed by atoms with van der Waals surface area (Å²) in [5.74, 6) is -0.649. The van der Waals surface area contributed by atoms with Crippen molar-refractivity contribution in [2.75, 3.05) is 0 Å². The number of benzene rings is 4. The van der Waals surface area contributed by atoms with E-state index < -0.39 is 20.7 Å². The molecule has 1 aromatic heterocycles. The van der Waals surface area contributed by atoms with Crippen LogP contribution in [0.1, 0.15) is 10.4 Å². The molecule has 10 heteroatoms. The number of carbonyl (C=O) groups excluding carboxylic acids is 1. The molecule has 4 aromatic carbocycles. The van der Waals surface area contributed by atoms with Gasteiger partial charge in [0, 0.05) is 17.7 Å². The zero-order valence-corrected chi connectivity index (χ0v) is 19.8. The van der Waals surface area contributed by atoms with Gasteiger partial charge in [0.1, 0.15) is 5.75 Å². The molecule has 0 N–H and O–H groups in total. The van der Waals surface area contributed by atoms with Crippen LogP contribution in [0.2, 0.25) is 0 Å². The van der Waals surface area contributed by atoms with Crippen molar-refractivity contribution in [2.24, 2.45) is 0 Å². The highest BCUT2D eigenvalue weighted by molar-refractivity contribution is 7.91. The number of ether oxygens (including phenoxy) is 1. The van der Waals surface area contributed by atoms with Gasteiger partial charge in [-0.1, -0.05) is 24.3 Å². The van der Waals surface area contributed by atoms with E-state index in [1.165, 1.54) is 24.3 Å². The van der Waals surface area contributed by atoms with Gasteiger partial charge in [0.05, 0.1) is 43.2 Å². The smallest absolute Gasteiger partial charge is 0.344 e. The van der Waals surface area contributed by atoms with Gasteiger partial charge in [0.25, 0.3) is 5.69 Å². The number of hydrogen-bond acceptors (Lipinski definition) is 8. The fraction of sp³-hybridized carbons (Fsp3) is 0. The molecule has 0 fully saturated rings. The van der Waals surface area contributed by atoms with Crippen molar-refractivity contribution >= 4 is 32.5 Å². The van der Waals surface area contributed by atoms with Gasteiger partial charge >= 0.3 is 5.97 Å². The van der Waals surface area contributed by atoms with Gasteiger partial charge in [-0.15, -0.1) is 0 Å². The first-order valence-corrected chi connectivity index (χ1v) is 12.4. The summed E-state index contributed by atoms with van der Waals surface area (Å²) in [6.07, 6.45) is 1.66. The molecule has 0 spiro atoms. The minimum absolute atomic E-state index is 0.162. The third-order valence-electron chi connectivity index (χ3n) is 5.56. The van der Waals surface area contributed by atoms with Crippen molar-refractivity contribution in [3.05, 3.63) is 119 Å². The van der Waals surface area contributed by atoms with E-state index in [-0.39, 0.29) is 26.8 Å². The van der Waals surface area contributed by atoms with E-state index in [0.717, 1.165) is 40.9 Å². The number of nitrogens with zero attached hydrogens (tertiary/aromatic N) is 3. The maximum atomic E-state index is 13.2. The van der Waals surface area contributed by atoms with E-state index in [0.29, 0.717) is 5.69 Å². The largest absolute Gasteiger partial charge is 0.423 e. The van der Waals surface area contributed by atoms with Gasteiger partial charge in [-0.2, -0.15) is 0 Å². The molecule has 1 heterocycles. The second-order valence-electron chi connectivity index (χ2n) is 7.91. The topological polar surface area (TPSA) is 129 Å². The molecule has 0 aliphatic heterocycles. The lowest BCUT2D eigenvalue weighted by Crippen LogP contribution is -2.14. The number of aromatic nitrogens is 2. The Morgan fingerprint density at radius 3 is 2.16 bits per heavy atom. The SMILES string of the molecule is O=C(Oc1ccc(-c2cnc3ccccc3n2)cc1)c1ccccc1S(=O)(=O)c1ccc([N+](=O)[O-])cc1. The zero-order chi connectivity index (χ0) is 26.0. The van der Waals surface area contributed by atoms with Gasteiger partial charge in [-0.05, 0) is 60.7 Å². The second kappa shape index (κ2) is 9.59. The molecular weight excluding hydrogens is 494 g/mol. The minimum Gasteiger partial charge on any atom is -0.423 e. The fourth-order valence-corrected chi connectivity index (χ4v) is 5.14. The van der Waals surface area contributed by atoms with Crippen molar-refractivity contribution in [1.29, 1.82) is 0 Å². The first-order chi connectivity index (χ1) is 17.8. The van der Waals surface area contributed by atoms with Gasteiger partial charge in [-0.25, -0.2) is 18.2 Å². The summed E-state index contributed by atoms with van der Waals surface area (Å²) in [5.41, 5.74) is 2.53. The Morgan fingerprint density at radius 1 is 0.811 bits per heavy atom. The molecule has 0 bridgehead atoms. The van der Waals surface area contributed by atoms with Crippen LogP contribution in [0.15, 0.2) is 113 Å². The predicted molar refractivity (Wildman–Crippen MR) is 135 cm³/mol. The highest BCUT2D eigenvalue weighted by Crippen LogP contribution is 2.28. The van der Waals surface area contributed by atoms with Crippen LogP contribution in [0.3, 0.4) is 0 Å². The average molecular weight is 512 g/mol. The molecule has 37 heavy (non-hydrogen) atoms. The summed E-state index contributed by atoms with van der Waals surface area (Å²) < 4.78 is 31.8. The molecule has 0 amide bonds. The molecule has 0 aliphatic rings. The second-order valence-corrected chi connectivity index (χ2v) is 9.83. The molecule has 0 atom stereocenters. The molecule has 0 radical (unpaired) electrons. The first-order valence-electron chi connectivity index (χ1n) is 11.0. The highest BCUT2D eigenvalue weighted by Gasteiger charge is 2.26. The Kier molecular flexibility index (Phi) is 6.16. The van der Waals surface area contributed by atoms with Crippen molar-refractivity contribution in [3.8, 4) is 17.0 Å². The van der Waals surface area contributed by atoms with E-state index in [9.17, 15) is 23.3 Å². The summed E-state index contributed by atoms with van der Waals surface area (Å²) in [6.45, 7) is 0. The number of fused-ring (bicyclic) bond motifs is 1. The van der Waals surface area contributed by atoms with Crippen molar-refractivity contribution < 1.29 is 22.9 Å². The summed E-state index contributed by atoms with van der Waals surface area (Å²) >= 11 is 0. The zero-order valence-electron chi connectivity index (χ0n) is 19.0.